The fourth-order valence-electron chi connectivity index (χ4n) is 6.97. The van der Waals surface area contributed by atoms with Crippen molar-refractivity contribution in [3.63, 3.8) is 0 Å². The molecule has 0 saturated heterocycles. The molecule has 0 nitrogen and oxygen atoms in total. The summed E-state index contributed by atoms with van der Waals surface area (Å²) in [4.78, 5) is 1.31. The Hall–Kier alpha value is -5.50. The van der Waals surface area contributed by atoms with Gasteiger partial charge in [-0.25, -0.2) is 0 Å². The van der Waals surface area contributed by atoms with Gasteiger partial charge < -0.3 is 0 Å². The molecule has 1 aromatic heterocycles. The molecule has 1 heteroatoms. The quantitative estimate of drug-likeness (QED) is 0.179. The number of thiophene rings is 1. The third kappa shape index (κ3) is 4.36. The van der Waals surface area contributed by atoms with Crippen LogP contribution in [0.2, 0.25) is 0 Å². The highest BCUT2D eigenvalue weighted by Crippen LogP contribution is 2.44. The smallest absolute Gasteiger partial charge is 0.0355 e. The van der Waals surface area contributed by atoms with E-state index in [1.807, 2.05) is 11.3 Å². The second kappa shape index (κ2) is 10.6. The number of hydrogen-bond donors (Lipinski definition) is 0. The van der Waals surface area contributed by atoms with Gasteiger partial charge in [0.2, 0.25) is 0 Å². The van der Waals surface area contributed by atoms with Gasteiger partial charge in [0.25, 0.3) is 0 Å². The lowest BCUT2D eigenvalue weighted by Crippen LogP contribution is -1.91. The topological polar surface area (TPSA) is 0 Å². The van der Waals surface area contributed by atoms with Gasteiger partial charge >= 0.3 is 0 Å². The van der Waals surface area contributed by atoms with Crippen LogP contribution in [0.15, 0.2) is 170 Å². The van der Waals surface area contributed by atoms with Crippen LogP contribution < -0.4 is 0 Å². The zero-order valence-corrected chi connectivity index (χ0v) is 25.4. The lowest BCUT2D eigenvalue weighted by atomic mass is 9.85. The van der Waals surface area contributed by atoms with Gasteiger partial charge in [0.1, 0.15) is 0 Å². The first-order valence-corrected chi connectivity index (χ1v) is 16.2. The molecule has 0 amide bonds. The van der Waals surface area contributed by atoms with Gasteiger partial charge in [-0.15, -0.1) is 11.3 Å². The second-order valence-electron chi connectivity index (χ2n) is 11.7. The molecule has 0 unspecified atom stereocenters. The molecule has 0 spiro atoms. The van der Waals surface area contributed by atoms with Gasteiger partial charge in [0.15, 0.2) is 0 Å². The van der Waals surface area contributed by atoms with Crippen LogP contribution in [0.25, 0.3) is 86.2 Å². The van der Waals surface area contributed by atoms with E-state index in [4.69, 9.17) is 0 Å². The summed E-state index contributed by atoms with van der Waals surface area (Å²) in [7, 11) is 0. The molecule has 0 bridgehead atoms. The predicted octanol–water partition coefficient (Wildman–Crippen LogP) is 13.0. The molecule has 0 atom stereocenters. The van der Waals surface area contributed by atoms with E-state index in [0.717, 1.165) is 0 Å². The van der Waals surface area contributed by atoms with Crippen molar-refractivity contribution in [2.45, 2.75) is 0 Å². The standard InChI is InChI=1S/C44H28S/c1-3-13-35-29(10-1)12-9-18-36(35)30-20-24-32(25-21-30)43-37-14-4-6-16-39(37)44(40-17-7-5-15-38(40)43)33-26-22-31(23-27-33)42-28-34-11-2-8-19-41(34)45-42/h1-28H. The fourth-order valence-corrected chi connectivity index (χ4v) is 8.04. The van der Waals surface area contributed by atoms with E-state index < -0.39 is 0 Å². The minimum absolute atomic E-state index is 1.23. The number of benzene rings is 8. The van der Waals surface area contributed by atoms with Crippen LogP contribution in [0.5, 0.6) is 0 Å². The maximum atomic E-state index is 2.31. The molecule has 9 rings (SSSR count). The maximum absolute atomic E-state index is 2.31. The minimum Gasteiger partial charge on any atom is -0.135 e. The van der Waals surface area contributed by atoms with Crippen LogP contribution >= 0.6 is 11.3 Å². The third-order valence-corrected chi connectivity index (χ3v) is 10.3. The molecule has 0 fully saturated rings. The van der Waals surface area contributed by atoms with Crippen LogP contribution in [0.1, 0.15) is 0 Å². The van der Waals surface area contributed by atoms with Crippen molar-refractivity contribution in [1.29, 1.82) is 0 Å². The maximum Gasteiger partial charge on any atom is 0.0355 e. The highest BCUT2D eigenvalue weighted by molar-refractivity contribution is 7.22. The van der Waals surface area contributed by atoms with Crippen LogP contribution in [0.4, 0.5) is 0 Å². The summed E-state index contributed by atoms with van der Waals surface area (Å²) in [5.41, 5.74) is 8.82. The molecule has 9 aromatic rings. The average Bonchev–Trinajstić information content (AvgIpc) is 3.55. The zero-order chi connectivity index (χ0) is 29.7. The zero-order valence-electron chi connectivity index (χ0n) is 24.6. The van der Waals surface area contributed by atoms with E-state index in [0.29, 0.717) is 0 Å². The van der Waals surface area contributed by atoms with Crippen molar-refractivity contribution >= 4 is 53.7 Å². The molecule has 0 radical (unpaired) electrons. The number of rotatable bonds is 4. The summed E-state index contributed by atoms with van der Waals surface area (Å²) < 4.78 is 1.33. The van der Waals surface area contributed by atoms with E-state index >= 15 is 0 Å². The Morgan fingerprint density at radius 2 is 0.756 bits per heavy atom. The summed E-state index contributed by atoms with van der Waals surface area (Å²) in [6.07, 6.45) is 0. The van der Waals surface area contributed by atoms with E-state index in [-0.39, 0.29) is 0 Å². The van der Waals surface area contributed by atoms with Crippen molar-refractivity contribution in [3.05, 3.63) is 170 Å². The summed E-state index contributed by atoms with van der Waals surface area (Å²) in [6, 6.07) is 62.2. The first kappa shape index (κ1) is 25.9. The Bertz CT molecular complexity index is 2420. The lowest BCUT2D eigenvalue weighted by Gasteiger charge is -2.18. The Kier molecular flexibility index (Phi) is 6.11. The average molecular weight is 589 g/mol. The van der Waals surface area contributed by atoms with Crippen LogP contribution in [-0.4, -0.2) is 0 Å². The van der Waals surface area contributed by atoms with Crippen LogP contribution in [-0.2, 0) is 0 Å². The van der Waals surface area contributed by atoms with E-state index in [9.17, 15) is 0 Å². The molecular weight excluding hydrogens is 561 g/mol. The molecule has 0 aliphatic heterocycles. The van der Waals surface area contributed by atoms with Crippen molar-refractivity contribution in [3.8, 4) is 43.8 Å². The monoisotopic (exact) mass is 588 g/mol. The highest BCUT2D eigenvalue weighted by Gasteiger charge is 2.17. The first-order chi connectivity index (χ1) is 22.3. The van der Waals surface area contributed by atoms with Gasteiger partial charge in [0.05, 0.1) is 0 Å². The van der Waals surface area contributed by atoms with Crippen molar-refractivity contribution in [1.82, 2.24) is 0 Å². The third-order valence-electron chi connectivity index (χ3n) is 9.09. The molecule has 8 aromatic carbocycles. The lowest BCUT2D eigenvalue weighted by molar-refractivity contribution is 1.63. The molecular formula is C44H28S. The van der Waals surface area contributed by atoms with Crippen molar-refractivity contribution in [2.75, 3.05) is 0 Å². The van der Waals surface area contributed by atoms with Gasteiger partial charge in [-0.1, -0.05) is 158 Å². The van der Waals surface area contributed by atoms with Gasteiger partial charge in [-0.3, -0.25) is 0 Å². The molecule has 210 valence electrons. The predicted molar refractivity (Wildman–Crippen MR) is 196 cm³/mol. The normalized spacial score (nSPS) is 11.6. The number of fused-ring (bicyclic) bond motifs is 4. The first-order valence-electron chi connectivity index (χ1n) is 15.4. The molecule has 0 aliphatic carbocycles. The Balaban J connectivity index is 1.19. The summed E-state index contributed by atoms with van der Waals surface area (Å²) in [6.45, 7) is 0. The Morgan fingerprint density at radius 3 is 1.33 bits per heavy atom. The largest absolute Gasteiger partial charge is 0.135 e. The van der Waals surface area contributed by atoms with Crippen molar-refractivity contribution in [2.24, 2.45) is 0 Å². The van der Waals surface area contributed by atoms with E-state index in [1.54, 1.807) is 0 Å². The Morgan fingerprint density at radius 1 is 0.311 bits per heavy atom. The molecule has 0 aliphatic rings. The van der Waals surface area contributed by atoms with Crippen molar-refractivity contribution < 1.29 is 0 Å². The number of hydrogen-bond acceptors (Lipinski definition) is 1. The van der Waals surface area contributed by atoms with Gasteiger partial charge in [0, 0.05) is 9.58 Å². The molecule has 45 heavy (non-hydrogen) atoms. The van der Waals surface area contributed by atoms with Gasteiger partial charge in [-0.2, -0.15) is 0 Å². The molecule has 1 heterocycles. The minimum atomic E-state index is 1.23. The summed E-state index contributed by atoms with van der Waals surface area (Å²) in [5.74, 6) is 0. The highest BCUT2D eigenvalue weighted by atomic mass is 32.1. The second-order valence-corrected chi connectivity index (χ2v) is 12.8. The SMILES string of the molecule is c1ccc2sc(-c3ccc(-c4c5ccccc5c(-c5ccc(-c6cccc7ccccc67)cc5)c5ccccc45)cc3)cc2c1. The van der Waals surface area contributed by atoms with Crippen LogP contribution in [0.3, 0.4) is 0 Å². The van der Waals surface area contributed by atoms with E-state index in [2.05, 4.69) is 170 Å². The van der Waals surface area contributed by atoms with E-state index in [1.165, 1.54) is 86.2 Å². The summed E-state index contributed by atoms with van der Waals surface area (Å²) in [5, 5.41) is 8.96. The summed E-state index contributed by atoms with van der Waals surface area (Å²) >= 11 is 1.86. The molecule has 0 saturated carbocycles. The molecule has 0 N–H and O–H groups in total. The van der Waals surface area contributed by atoms with Gasteiger partial charge in [-0.05, 0) is 88.8 Å². The fraction of sp³-hybridized carbons (Fsp3) is 0. The Labute approximate surface area is 266 Å². The van der Waals surface area contributed by atoms with Crippen LogP contribution in [0, 0.1) is 0 Å².